The summed E-state index contributed by atoms with van der Waals surface area (Å²) in [5.74, 6) is 1.91. The number of aromatic nitrogens is 2. The van der Waals surface area contributed by atoms with E-state index in [4.69, 9.17) is 4.74 Å². The molecule has 0 saturated carbocycles. The van der Waals surface area contributed by atoms with Crippen LogP contribution in [0.4, 0.5) is 0 Å². The molecule has 1 aliphatic rings. The highest BCUT2D eigenvalue weighted by atomic mass is 16.5. The largest absolute Gasteiger partial charge is 0.493 e. The van der Waals surface area contributed by atoms with Crippen molar-refractivity contribution in [2.45, 2.75) is 19.4 Å². The van der Waals surface area contributed by atoms with Gasteiger partial charge >= 0.3 is 0 Å². The number of fused-ring (bicyclic) bond motifs is 1. The first kappa shape index (κ1) is 19.1. The molecule has 0 unspecified atom stereocenters. The average Bonchev–Trinajstić information content (AvgIpc) is 3.41. The number of benzene rings is 2. The molecule has 0 atom stereocenters. The molecule has 1 aliphatic heterocycles. The highest BCUT2D eigenvalue weighted by molar-refractivity contribution is 5.79. The Morgan fingerprint density at radius 2 is 2.07 bits per heavy atom. The van der Waals surface area contributed by atoms with Gasteiger partial charge in [0.05, 0.1) is 18.5 Å². The van der Waals surface area contributed by atoms with Crippen molar-refractivity contribution in [3.05, 3.63) is 77.6 Å². The molecule has 1 aromatic heterocycles. The van der Waals surface area contributed by atoms with E-state index in [0.29, 0.717) is 0 Å². The van der Waals surface area contributed by atoms with E-state index in [2.05, 4.69) is 44.7 Å². The summed E-state index contributed by atoms with van der Waals surface area (Å²) in [5.41, 5.74) is 4.84. The number of rotatable bonds is 6. The molecular weight excluding hydrogens is 362 g/mol. The van der Waals surface area contributed by atoms with Crippen LogP contribution in [0.5, 0.6) is 5.75 Å². The summed E-state index contributed by atoms with van der Waals surface area (Å²) < 4.78 is 7.48. The minimum Gasteiger partial charge on any atom is -0.493 e. The molecule has 2 aromatic carbocycles. The van der Waals surface area contributed by atoms with E-state index in [1.165, 1.54) is 11.1 Å². The fourth-order valence-electron chi connectivity index (χ4n) is 3.61. The van der Waals surface area contributed by atoms with Gasteiger partial charge in [0.15, 0.2) is 5.96 Å². The second kappa shape index (κ2) is 8.82. The van der Waals surface area contributed by atoms with Crippen LogP contribution in [0.1, 0.15) is 16.7 Å². The Kier molecular flexibility index (Phi) is 5.79. The third-order valence-corrected chi connectivity index (χ3v) is 5.10. The first-order valence-corrected chi connectivity index (χ1v) is 9.98. The summed E-state index contributed by atoms with van der Waals surface area (Å²) in [6.45, 7) is 2.37. The summed E-state index contributed by atoms with van der Waals surface area (Å²) in [7, 11) is 3.86. The standard InChI is InChI=1S/C23H27N5O/c1-24-23(25-12-10-18-8-9-22-20(14-18)11-13-29-22)27(2)16-19-15-26-28(17-19)21-6-4-3-5-7-21/h3-9,14-15,17H,10-13,16H2,1-2H3,(H,24,25). The van der Waals surface area contributed by atoms with Gasteiger partial charge in [0, 0.05) is 45.4 Å². The lowest BCUT2D eigenvalue weighted by Crippen LogP contribution is -2.39. The van der Waals surface area contributed by atoms with E-state index >= 15 is 0 Å². The Labute approximate surface area is 171 Å². The Hall–Kier alpha value is -3.28. The Balaban J connectivity index is 1.30. The van der Waals surface area contributed by atoms with Crippen molar-refractivity contribution in [1.82, 2.24) is 20.0 Å². The zero-order chi connectivity index (χ0) is 20.1. The highest BCUT2D eigenvalue weighted by Gasteiger charge is 2.12. The number of nitrogens with zero attached hydrogens (tertiary/aromatic N) is 4. The van der Waals surface area contributed by atoms with Crippen LogP contribution in [0.3, 0.4) is 0 Å². The van der Waals surface area contributed by atoms with Crippen LogP contribution in [-0.4, -0.2) is 47.9 Å². The highest BCUT2D eigenvalue weighted by Crippen LogP contribution is 2.25. The average molecular weight is 390 g/mol. The van der Waals surface area contributed by atoms with Gasteiger partial charge in [-0.15, -0.1) is 0 Å². The summed E-state index contributed by atoms with van der Waals surface area (Å²) in [6, 6.07) is 16.6. The van der Waals surface area contributed by atoms with Gasteiger partial charge in [-0.3, -0.25) is 4.99 Å². The van der Waals surface area contributed by atoms with E-state index in [0.717, 1.165) is 55.5 Å². The van der Waals surface area contributed by atoms with E-state index in [-0.39, 0.29) is 0 Å². The van der Waals surface area contributed by atoms with Gasteiger partial charge in [0.1, 0.15) is 5.75 Å². The first-order valence-electron chi connectivity index (χ1n) is 9.98. The normalized spacial score (nSPS) is 13.1. The van der Waals surface area contributed by atoms with Crippen LogP contribution in [-0.2, 0) is 19.4 Å². The van der Waals surface area contributed by atoms with Crippen LogP contribution in [0.25, 0.3) is 5.69 Å². The Bertz CT molecular complexity index is 980. The van der Waals surface area contributed by atoms with Crippen molar-refractivity contribution in [2.24, 2.45) is 4.99 Å². The smallest absolute Gasteiger partial charge is 0.193 e. The van der Waals surface area contributed by atoms with Crippen LogP contribution in [0.2, 0.25) is 0 Å². The maximum atomic E-state index is 5.58. The first-order chi connectivity index (χ1) is 14.2. The van der Waals surface area contributed by atoms with Gasteiger partial charge in [-0.1, -0.05) is 30.3 Å². The van der Waals surface area contributed by atoms with Crippen molar-refractivity contribution in [1.29, 1.82) is 0 Å². The van der Waals surface area contributed by atoms with Crippen molar-refractivity contribution >= 4 is 5.96 Å². The maximum absolute atomic E-state index is 5.58. The molecule has 6 nitrogen and oxygen atoms in total. The summed E-state index contributed by atoms with van der Waals surface area (Å²) in [5, 5.41) is 7.94. The minimum absolute atomic E-state index is 0.739. The molecule has 0 spiro atoms. The molecule has 0 saturated heterocycles. The number of aliphatic imine (C=N–C) groups is 1. The predicted octanol–water partition coefficient (Wildman–Crippen LogP) is 3.06. The topological polar surface area (TPSA) is 54.7 Å². The lowest BCUT2D eigenvalue weighted by molar-refractivity contribution is 0.357. The van der Waals surface area contributed by atoms with E-state index < -0.39 is 0 Å². The molecule has 6 heteroatoms. The summed E-state index contributed by atoms with van der Waals surface area (Å²) in [4.78, 5) is 6.54. The molecule has 150 valence electrons. The molecule has 3 aromatic rings. The molecule has 4 rings (SSSR count). The van der Waals surface area contributed by atoms with Gasteiger partial charge in [-0.05, 0) is 35.7 Å². The SMILES string of the molecule is CN=C(NCCc1ccc2c(c1)CCO2)N(C)Cc1cnn(-c2ccccc2)c1. The van der Waals surface area contributed by atoms with Crippen molar-refractivity contribution in [3.8, 4) is 11.4 Å². The monoisotopic (exact) mass is 389 g/mol. The Morgan fingerprint density at radius 1 is 1.21 bits per heavy atom. The van der Waals surface area contributed by atoms with E-state index in [1.807, 2.05) is 55.3 Å². The molecule has 0 radical (unpaired) electrons. The zero-order valence-electron chi connectivity index (χ0n) is 17.0. The third kappa shape index (κ3) is 4.59. The predicted molar refractivity (Wildman–Crippen MR) is 116 cm³/mol. The third-order valence-electron chi connectivity index (χ3n) is 5.10. The van der Waals surface area contributed by atoms with E-state index in [9.17, 15) is 0 Å². The minimum atomic E-state index is 0.739. The van der Waals surface area contributed by atoms with Crippen LogP contribution in [0.15, 0.2) is 65.9 Å². The van der Waals surface area contributed by atoms with Crippen LogP contribution in [0, 0.1) is 0 Å². The molecule has 0 bridgehead atoms. The molecule has 0 aliphatic carbocycles. The molecule has 29 heavy (non-hydrogen) atoms. The van der Waals surface area contributed by atoms with Gasteiger partial charge < -0.3 is 15.0 Å². The lowest BCUT2D eigenvalue weighted by atomic mass is 10.1. The number of ether oxygens (including phenoxy) is 1. The Morgan fingerprint density at radius 3 is 2.90 bits per heavy atom. The zero-order valence-corrected chi connectivity index (χ0v) is 17.0. The summed E-state index contributed by atoms with van der Waals surface area (Å²) >= 11 is 0. The van der Waals surface area contributed by atoms with Crippen LogP contribution < -0.4 is 10.1 Å². The molecule has 2 heterocycles. The second-order valence-corrected chi connectivity index (χ2v) is 7.25. The van der Waals surface area contributed by atoms with Gasteiger partial charge in [-0.2, -0.15) is 5.10 Å². The van der Waals surface area contributed by atoms with Gasteiger partial charge in [0.2, 0.25) is 0 Å². The fraction of sp³-hybridized carbons (Fsp3) is 0.304. The molecule has 0 amide bonds. The maximum Gasteiger partial charge on any atom is 0.193 e. The van der Waals surface area contributed by atoms with E-state index in [1.54, 1.807) is 0 Å². The number of guanidine groups is 1. The second-order valence-electron chi connectivity index (χ2n) is 7.25. The number of hydrogen-bond acceptors (Lipinski definition) is 3. The number of nitrogens with one attached hydrogen (secondary N) is 1. The van der Waals surface area contributed by atoms with Gasteiger partial charge in [-0.25, -0.2) is 4.68 Å². The van der Waals surface area contributed by atoms with Crippen LogP contribution >= 0.6 is 0 Å². The molecule has 1 N–H and O–H groups in total. The van der Waals surface area contributed by atoms with Crippen molar-refractivity contribution < 1.29 is 4.74 Å². The van der Waals surface area contributed by atoms with Crippen molar-refractivity contribution in [3.63, 3.8) is 0 Å². The number of hydrogen-bond donors (Lipinski definition) is 1. The number of para-hydroxylation sites is 1. The quantitative estimate of drug-likeness (QED) is 0.520. The molecule has 0 fully saturated rings. The lowest BCUT2D eigenvalue weighted by Gasteiger charge is -2.21. The summed E-state index contributed by atoms with van der Waals surface area (Å²) in [6.07, 6.45) is 5.93. The fourth-order valence-corrected chi connectivity index (χ4v) is 3.61. The van der Waals surface area contributed by atoms with Gasteiger partial charge in [0.25, 0.3) is 0 Å². The molecular formula is C23H27N5O. The van der Waals surface area contributed by atoms with Crippen molar-refractivity contribution in [2.75, 3.05) is 27.2 Å².